The number of benzene rings is 8. The van der Waals surface area contributed by atoms with Gasteiger partial charge in [0.15, 0.2) is 0 Å². The van der Waals surface area contributed by atoms with Crippen molar-refractivity contribution in [1.29, 1.82) is 0 Å². The average Bonchev–Trinajstić information content (AvgIpc) is 3.79. The zero-order valence-corrected chi connectivity index (χ0v) is 31.8. The highest BCUT2D eigenvalue weighted by molar-refractivity contribution is 7.27. The van der Waals surface area contributed by atoms with E-state index in [1.54, 1.807) is 0 Å². The topological polar surface area (TPSA) is 3.24 Å². The Morgan fingerprint density at radius 2 is 0.963 bits per heavy atom. The van der Waals surface area contributed by atoms with Gasteiger partial charge in [0, 0.05) is 47.8 Å². The molecule has 1 aromatic heterocycles. The second-order valence-electron chi connectivity index (χ2n) is 16.1. The second-order valence-corrected chi connectivity index (χ2v) is 17.1. The highest BCUT2D eigenvalue weighted by Crippen LogP contribution is 2.57. The molecule has 0 atom stereocenters. The van der Waals surface area contributed by atoms with Gasteiger partial charge < -0.3 is 4.90 Å². The van der Waals surface area contributed by atoms with Crippen molar-refractivity contribution >= 4 is 59.3 Å². The first-order chi connectivity index (χ1) is 26.3. The summed E-state index contributed by atoms with van der Waals surface area (Å²) in [4.78, 5) is 2.57. The number of nitrogens with zero attached hydrogens (tertiary/aromatic N) is 1. The van der Waals surface area contributed by atoms with E-state index in [1.165, 1.54) is 104 Å². The quantitative estimate of drug-likeness (QED) is 0.176. The number of hydrogen-bond donors (Lipinski definition) is 0. The van der Waals surface area contributed by atoms with Crippen molar-refractivity contribution in [3.05, 3.63) is 186 Å². The molecule has 0 saturated carbocycles. The SMILES string of the molecule is CC1(C)c2ccccc2-c2cc(N(c3ccccc3-c3cccc4c3sc3c5ccccc5ccc43)c3cccc4c3C(C)(C)c3ccccc3-4)ccc21. The van der Waals surface area contributed by atoms with E-state index in [4.69, 9.17) is 0 Å². The number of hydrogen-bond acceptors (Lipinski definition) is 2. The molecule has 1 heterocycles. The third-order valence-electron chi connectivity index (χ3n) is 12.4. The summed E-state index contributed by atoms with van der Waals surface area (Å²) in [6.07, 6.45) is 0. The van der Waals surface area contributed by atoms with Crippen LogP contribution in [0.3, 0.4) is 0 Å². The fourth-order valence-corrected chi connectivity index (χ4v) is 11.3. The molecule has 1 nitrogen and oxygen atoms in total. The van der Waals surface area contributed by atoms with Gasteiger partial charge in [0.25, 0.3) is 0 Å². The monoisotopic (exact) mass is 709 g/mol. The van der Waals surface area contributed by atoms with Crippen LogP contribution in [-0.4, -0.2) is 0 Å². The van der Waals surface area contributed by atoms with Crippen molar-refractivity contribution < 1.29 is 0 Å². The maximum absolute atomic E-state index is 2.57. The highest BCUT2D eigenvalue weighted by Gasteiger charge is 2.40. The first-order valence-corrected chi connectivity index (χ1v) is 19.8. The Morgan fingerprint density at radius 1 is 0.389 bits per heavy atom. The van der Waals surface area contributed by atoms with Gasteiger partial charge >= 0.3 is 0 Å². The van der Waals surface area contributed by atoms with Gasteiger partial charge in [-0.2, -0.15) is 0 Å². The first kappa shape index (κ1) is 31.6. The zero-order chi connectivity index (χ0) is 36.3. The lowest BCUT2D eigenvalue weighted by Gasteiger charge is -2.34. The molecule has 0 amide bonds. The van der Waals surface area contributed by atoms with Gasteiger partial charge in [-0.05, 0) is 79.5 Å². The van der Waals surface area contributed by atoms with E-state index in [-0.39, 0.29) is 10.8 Å². The van der Waals surface area contributed by atoms with Gasteiger partial charge in [-0.1, -0.05) is 167 Å². The van der Waals surface area contributed by atoms with Crippen molar-refractivity contribution in [3.8, 4) is 33.4 Å². The van der Waals surface area contributed by atoms with Crippen LogP contribution in [0.2, 0.25) is 0 Å². The van der Waals surface area contributed by atoms with Crippen LogP contribution in [0, 0.1) is 0 Å². The summed E-state index contributed by atoms with van der Waals surface area (Å²) in [5, 5.41) is 5.24. The van der Waals surface area contributed by atoms with E-state index in [0.29, 0.717) is 0 Å². The number of thiophene rings is 1. The Bertz CT molecular complexity index is 3010. The number of para-hydroxylation sites is 1. The summed E-state index contributed by atoms with van der Waals surface area (Å²) in [7, 11) is 0. The average molecular weight is 710 g/mol. The molecule has 258 valence electrons. The van der Waals surface area contributed by atoms with Crippen LogP contribution < -0.4 is 4.90 Å². The molecule has 0 radical (unpaired) electrons. The maximum atomic E-state index is 2.57. The molecule has 2 aliphatic carbocycles. The Balaban J connectivity index is 1.20. The molecular weight excluding hydrogens is 671 g/mol. The fraction of sp³-hybridized carbons (Fsp3) is 0.115. The Labute approximate surface area is 320 Å². The first-order valence-electron chi connectivity index (χ1n) is 19.0. The molecule has 8 aromatic carbocycles. The van der Waals surface area contributed by atoms with Gasteiger partial charge in [-0.3, -0.25) is 0 Å². The van der Waals surface area contributed by atoms with E-state index in [2.05, 4.69) is 196 Å². The normalized spacial score (nSPS) is 14.6. The molecular formula is C52H39NS. The minimum atomic E-state index is -0.187. The van der Waals surface area contributed by atoms with Gasteiger partial charge in [0.2, 0.25) is 0 Å². The van der Waals surface area contributed by atoms with E-state index in [0.717, 1.165) is 0 Å². The largest absolute Gasteiger partial charge is 0.310 e. The van der Waals surface area contributed by atoms with E-state index < -0.39 is 0 Å². The van der Waals surface area contributed by atoms with Gasteiger partial charge in [0.1, 0.15) is 0 Å². The molecule has 9 aromatic rings. The number of fused-ring (bicyclic) bond motifs is 11. The Hall–Kier alpha value is -5.96. The van der Waals surface area contributed by atoms with Crippen LogP contribution in [0.4, 0.5) is 17.1 Å². The third-order valence-corrected chi connectivity index (χ3v) is 13.7. The Morgan fingerprint density at radius 3 is 1.80 bits per heavy atom. The molecule has 11 rings (SSSR count). The summed E-state index contributed by atoms with van der Waals surface area (Å²) in [5.74, 6) is 0. The lowest BCUT2D eigenvalue weighted by molar-refractivity contribution is 0.660. The minimum absolute atomic E-state index is 0.0637. The molecule has 2 heteroatoms. The van der Waals surface area contributed by atoms with Crippen LogP contribution in [0.15, 0.2) is 164 Å². The zero-order valence-electron chi connectivity index (χ0n) is 30.9. The molecule has 0 unspecified atom stereocenters. The van der Waals surface area contributed by atoms with Crippen molar-refractivity contribution in [2.75, 3.05) is 4.90 Å². The van der Waals surface area contributed by atoms with Crippen molar-refractivity contribution in [3.63, 3.8) is 0 Å². The van der Waals surface area contributed by atoms with Crippen LogP contribution in [0.25, 0.3) is 64.3 Å². The molecule has 0 N–H and O–H groups in total. The van der Waals surface area contributed by atoms with Crippen molar-refractivity contribution in [2.24, 2.45) is 0 Å². The van der Waals surface area contributed by atoms with E-state index in [1.807, 2.05) is 11.3 Å². The molecule has 0 saturated heterocycles. The molecule has 0 spiro atoms. The predicted molar refractivity (Wildman–Crippen MR) is 232 cm³/mol. The summed E-state index contributed by atoms with van der Waals surface area (Å²) >= 11 is 1.93. The van der Waals surface area contributed by atoms with Crippen LogP contribution in [0.5, 0.6) is 0 Å². The minimum Gasteiger partial charge on any atom is -0.310 e. The van der Waals surface area contributed by atoms with Crippen LogP contribution >= 0.6 is 11.3 Å². The summed E-state index contributed by atoms with van der Waals surface area (Å²) in [6.45, 7) is 9.52. The summed E-state index contributed by atoms with van der Waals surface area (Å²) in [5.41, 5.74) is 16.7. The third kappa shape index (κ3) is 4.26. The summed E-state index contributed by atoms with van der Waals surface area (Å²) < 4.78 is 2.68. The number of rotatable bonds is 4. The fourth-order valence-electron chi connectivity index (χ4n) is 9.90. The maximum Gasteiger partial charge on any atom is 0.0540 e. The van der Waals surface area contributed by atoms with Gasteiger partial charge in [-0.15, -0.1) is 11.3 Å². The predicted octanol–water partition coefficient (Wildman–Crippen LogP) is 15.0. The van der Waals surface area contributed by atoms with Crippen molar-refractivity contribution in [1.82, 2.24) is 0 Å². The van der Waals surface area contributed by atoms with E-state index >= 15 is 0 Å². The standard InChI is InChI=1S/C52H39NS/c1-51(2)43-23-10-8-18-36(43)42-31-33(28-30-45(42)51)53(47-26-14-20-38-35-17-7-11-24-44(35)52(3,4)48(38)47)46-25-12-9-19-37(46)39-21-13-22-40-41-29-27-32-15-5-6-16-34(32)49(41)54-50(39)40/h5-31H,1-4H3. The lowest BCUT2D eigenvalue weighted by Crippen LogP contribution is -2.21. The highest BCUT2D eigenvalue weighted by atomic mass is 32.1. The molecule has 54 heavy (non-hydrogen) atoms. The Kier molecular flexibility index (Phi) is 6.59. The molecule has 0 fully saturated rings. The van der Waals surface area contributed by atoms with E-state index in [9.17, 15) is 0 Å². The van der Waals surface area contributed by atoms with Crippen LogP contribution in [0.1, 0.15) is 49.9 Å². The number of anilines is 3. The van der Waals surface area contributed by atoms with Gasteiger partial charge in [0.05, 0.1) is 11.4 Å². The van der Waals surface area contributed by atoms with Crippen molar-refractivity contribution in [2.45, 2.75) is 38.5 Å². The molecule has 0 aliphatic heterocycles. The van der Waals surface area contributed by atoms with Crippen LogP contribution in [-0.2, 0) is 10.8 Å². The lowest BCUT2D eigenvalue weighted by atomic mass is 9.81. The molecule has 0 bridgehead atoms. The van der Waals surface area contributed by atoms with Gasteiger partial charge in [-0.25, -0.2) is 0 Å². The second kappa shape index (κ2) is 11.3. The molecule has 2 aliphatic rings. The smallest absolute Gasteiger partial charge is 0.0540 e. The summed E-state index contributed by atoms with van der Waals surface area (Å²) in [6, 6.07) is 61.4.